The van der Waals surface area contributed by atoms with Crippen LogP contribution in [0.1, 0.15) is 48.0 Å². The Morgan fingerprint density at radius 1 is 1.07 bits per heavy atom. The van der Waals surface area contributed by atoms with Gasteiger partial charge < -0.3 is 5.73 Å². The Labute approximate surface area is 89.9 Å². The molecule has 0 aromatic rings. The van der Waals surface area contributed by atoms with Gasteiger partial charge in [-0.2, -0.15) is 0 Å². The summed E-state index contributed by atoms with van der Waals surface area (Å²) in [6.07, 6.45) is 1.20. The Bertz CT molecular complexity index is 171. The summed E-state index contributed by atoms with van der Waals surface area (Å²) in [5, 5.41) is 0. The largest absolute Gasteiger partial charge is 0.329 e. The van der Waals surface area contributed by atoms with Crippen molar-refractivity contribution in [1.82, 2.24) is 4.90 Å². The van der Waals surface area contributed by atoms with Crippen LogP contribution >= 0.6 is 0 Å². The first-order valence-electron chi connectivity index (χ1n) is 5.57. The number of nitrogens with zero attached hydrogens (tertiary/aromatic N) is 1. The first-order valence-corrected chi connectivity index (χ1v) is 5.57. The van der Waals surface area contributed by atoms with Crippen molar-refractivity contribution in [1.29, 1.82) is 0 Å². The normalized spacial score (nSPS) is 14.1. The van der Waals surface area contributed by atoms with Gasteiger partial charge in [0.1, 0.15) is 0 Å². The fraction of sp³-hybridized carbons (Fsp3) is 1.00. The molecule has 0 radical (unpaired) electrons. The molecule has 0 atom stereocenters. The summed E-state index contributed by atoms with van der Waals surface area (Å²) in [4.78, 5) is 2.40. The Hall–Kier alpha value is -0.0800. The van der Waals surface area contributed by atoms with Gasteiger partial charge in [0.05, 0.1) is 0 Å². The zero-order chi connectivity index (χ0) is 11.6. The molecule has 0 bridgehead atoms. The molecule has 0 saturated carbocycles. The number of likely N-dealkylation sites (N-methyl/N-ethyl adjacent to an activating group) is 1. The van der Waals surface area contributed by atoms with Gasteiger partial charge in [0, 0.05) is 17.6 Å². The topological polar surface area (TPSA) is 29.3 Å². The Kier molecular flexibility index (Phi) is 4.60. The maximum atomic E-state index is 5.79. The van der Waals surface area contributed by atoms with Gasteiger partial charge in [0.2, 0.25) is 0 Å². The maximum absolute atomic E-state index is 5.79. The van der Waals surface area contributed by atoms with E-state index in [0.29, 0.717) is 6.54 Å². The van der Waals surface area contributed by atoms with Gasteiger partial charge in [-0.3, -0.25) is 4.90 Å². The molecule has 0 saturated heterocycles. The molecule has 0 unspecified atom stereocenters. The van der Waals surface area contributed by atoms with E-state index in [1.165, 1.54) is 6.42 Å². The van der Waals surface area contributed by atoms with Gasteiger partial charge in [-0.05, 0) is 47.1 Å². The van der Waals surface area contributed by atoms with Crippen molar-refractivity contribution >= 4 is 0 Å². The molecule has 0 aliphatic carbocycles. The highest BCUT2D eigenvalue weighted by Gasteiger charge is 2.33. The minimum atomic E-state index is 0.0817. The molecular weight excluding hydrogens is 172 g/mol. The minimum Gasteiger partial charge on any atom is -0.329 e. The zero-order valence-electron chi connectivity index (χ0n) is 11.0. The van der Waals surface area contributed by atoms with Gasteiger partial charge in [0.15, 0.2) is 0 Å². The summed E-state index contributed by atoms with van der Waals surface area (Å²) in [5.41, 5.74) is 6.09. The fourth-order valence-corrected chi connectivity index (χ4v) is 2.09. The lowest BCUT2D eigenvalue weighted by molar-refractivity contribution is 0.0361. The molecule has 0 rings (SSSR count). The van der Waals surface area contributed by atoms with Crippen LogP contribution in [0, 0.1) is 5.92 Å². The molecule has 86 valence electrons. The van der Waals surface area contributed by atoms with Crippen LogP contribution in [0.5, 0.6) is 0 Å². The predicted molar refractivity (Wildman–Crippen MR) is 64.4 cm³/mol. The van der Waals surface area contributed by atoms with Crippen LogP contribution in [0.25, 0.3) is 0 Å². The van der Waals surface area contributed by atoms with E-state index in [-0.39, 0.29) is 11.1 Å². The second-order valence-corrected chi connectivity index (χ2v) is 5.99. The molecule has 2 heteroatoms. The summed E-state index contributed by atoms with van der Waals surface area (Å²) < 4.78 is 0. The summed E-state index contributed by atoms with van der Waals surface area (Å²) in [6.45, 7) is 14.2. The van der Waals surface area contributed by atoms with Crippen molar-refractivity contribution < 1.29 is 0 Å². The third-order valence-corrected chi connectivity index (χ3v) is 3.22. The molecule has 2 N–H and O–H groups in total. The maximum Gasteiger partial charge on any atom is 0.0277 e. The van der Waals surface area contributed by atoms with E-state index in [1.54, 1.807) is 0 Å². The number of nitrogens with two attached hydrogens (primary N) is 1. The molecule has 0 heterocycles. The molecular formula is C12H28N2. The van der Waals surface area contributed by atoms with Crippen LogP contribution in [0.3, 0.4) is 0 Å². The van der Waals surface area contributed by atoms with Gasteiger partial charge in [0.25, 0.3) is 0 Å². The highest BCUT2D eigenvalue weighted by molar-refractivity contribution is 4.91. The van der Waals surface area contributed by atoms with Crippen LogP contribution in [-0.4, -0.2) is 29.6 Å². The molecule has 2 nitrogen and oxygen atoms in total. The fourth-order valence-electron chi connectivity index (χ4n) is 2.09. The lowest BCUT2D eigenvalue weighted by Gasteiger charge is -2.46. The van der Waals surface area contributed by atoms with Gasteiger partial charge >= 0.3 is 0 Å². The molecule has 0 aromatic carbocycles. The van der Waals surface area contributed by atoms with Crippen molar-refractivity contribution in [2.75, 3.05) is 13.6 Å². The van der Waals surface area contributed by atoms with Gasteiger partial charge in [-0.25, -0.2) is 0 Å². The third kappa shape index (κ3) is 3.58. The predicted octanol–water partition coefficient (Wildman–Crippen LogP) is 2.48. The third-order valence-electron chi connectivity index (χ3n) is 3.22. The highest BCUT2D eigenvalue weighted by Crippen LogP contribution is 2.28. The molecule has 0 aliphatic rings. The van der Waals surface area contributed by atoms with Crippen LogP contribution in [-0.2, 0) is 0 Å². The molecule has 0 aromatic heterocycles. The van der Waals surface area contributed by atoms with Crippen molar-refractivity contribution in [3.05, 3.63) is 0 Å². The number of rotatable bonds is 5. The van der Waals surface area contributed by atoms with Gasteiger partial charge in [-0.15, -0.1) is 0 Å². The van der Waals surface area contributed by atoms with E-state index < -0.39 is 0 Å². The standard InChI is InChI=1S/C12H28N2/c1-10(2)8-11(3,4)14(7)12(5,6)9-13/h10H,8-9,13H2,1-7H3. The van der Waals surface area contributed by atoms with E-state index in [2.05, 4.69) is 53.5 Å². The SMILES string of the molecule is CC(C)CC(C)(C)N(C)C(C)(C)CN. The Balaban J connectivity index is 4.56. The van der Waals surface area contributed by atoms with Crippen LogP contribution in [0.4, 0.5) is 0 Å². The van der Waals surface area contributed by atoms with E-state index in [0.717, 1.165) is 5.92 Å². The number of hydrogen-bond acceptors (Lipinski definition) is 2. The monoisotopic (exact) mass is 200 g/mol. The van der Waals surface area contributed by atoms with Crippen LogP contribution in [0.2, 0.25) is 0 Å². The van der Waals surface area contributed by atoms with E-state index in [9.17, 15) is 0 Å². The summed E-state index contributed by atoms with van der Waals surface area (Å²) in [7, 11) is 2.18. The second kappa shape index (κ2) is 4.63. The molecule has 0 spiro atoms. The summed E-state index contributed by atoms with van der Waals surface area (Å²) in [5.74, 6) is 0.723. The first kappa shape index (κ1) is 13.9. The Morgan fingerprint density at radius 2 is 1.50 bits per heavy atom. The van der Waals surface area contributed by atoms with Crippen LogP contribution < -0.4 is 5.73 Å². The minimum absolute atomic E-state index is 0.0817. The average molecular weight is 200 g/mol. The summed E-state index contributed by atoms with van der Waals surface area (Å²) >= 11 is 0. The van der Waals surface area contributed by atoms with Crippen LogP contribution in [0.15, 0.2) is 0 Å². The van der Waals surface area contributed by atoms with Crippen molar-refractivity contribution in [3.63, 3.8) is 0 Å². The van der Waals surface area contributed by atoms with Crippen molar-refractivity contribution in [2.24, 2.45) is 11.7 Å². The lowest BCUT2D eigenvalue weighted by atomic mass is 9.87. The Morgan fingerprint density at radius 3 is 1.79 bits per heavy atom. The van der Waals surface area contributed by atoms with E-state index in [4.69, 9.17) is 5.73 Å². The first-order chi connectivity index (χ1) is 6.13. The van der Waals surface area contributed by atoms with Crippen molar-refractivity contribution in [2.45, 2.75) is 59.0 Å². The van der Waals surface area contributed by atoms with Crippen molar-refractivity contribution in [3.8, 4) is 0 Å². The summed E-state index contributed by atoms with van der Waals surface area (Å²) in [6, 6.07) is 0. The lowest BCUT2D eigenvalue weighted by Crippen LogP contribution is -2.56. The van der Waals surface area contributed by atoms with E-state index >= 15 is 0 Å². The molecule has 0 fully saturated rings. The quantitative estimate of drug-likeness (QED) is 0.739. The van der Waals surface area contributed by atoms with Gasteiger partial charge in [-0.1, -0.05) is 13.8 Å². The average Bonchev–Trinajstić information content (AvgIpc) is 2.00. The number of hydrogen-bond donors (Lipinski definition) is 1. The highest BCUT2D eigenvalue weighted by atomic mass is 15.2. The second-order valence-electron chi connectivity index (χ2n) is 5.99. The molecule has 0 aliphatic heterocycles. The zero-order valence-corrected chi connectivity index (χ0v) is 11.0. The molecule has 14 heavy (non-hydrogen) atoms. The molecule has 0 amide bonds. The van der Waals surface area contributed by atoms with E-state index in [1.807, 2.05) is 0 Å². The smallest absolute Gasteiger partial charge is 0.0277 e.